The van der Waals surface area contributed by atoms with Gasteiger partial charge in [0.1, 0.15) is 0 Å². The summed E-state index contributed by atoms with van der Waals surface area (Å²) in [5.41, 5.74) is 4.23. The van der Waals surface area contributed by atoms with E-state index in [2.05, 4.69) is 29.0 Å². The molecule has 2 heterocycles. The Morgan fingerprint density at radius 3 is 2.16 bits per heavy atom. The third-order valence-corrected chi connectivity index (χ3v) is 6.95. The lowest BCUT2D eigenvalue weighted by Gasteiger charge is -2.30. The van der Waals surface area contributed by atoms with Gasteiger partial charge in [0.15, 0.2) is 0 Å². The molecule has 3 heteroatoms. The van der Waals surface area contributed by atoms with Crippen molar-refractivity contribution in [2.75, 3.05) is 32.7 Å². The van der Waals surface area contributed by atoms with Crippen LogP contribution >= 0.6 is 0 Å². The van der Waals surface area contributed by atoms with Crippen molar-refractivity contribution in [3.05, 3.63) is 11.4 Å². The molecule has 1 atom stereocenters. The summed E-state index contributed by atoms with van der Waals surface area (Å²) in [5.74, 6) is 0. The molecule has 2 aliphatic rings. The minimum absolute atomic E-state index is 0.647. The minimum Gasteiger partial charge on any atom is -0.376 e. The van der Waals surface area contributed by atoms with Crippen molar-refractivity contribution in [2.45, 2.75) is 58.0 Å². The molecule has 2 aliphatic heterocycles. The molecule has 1 unspecified atom stereocenters. The number of rotatable bonds is 5. The van der Waals surface area contributed by atoms with Crippen molar-refractivity contribution >= 4 is 8.80 Å². The molecule has 0 aliphatic carbocycles. The smallest absolute Gasteiger partial charge is 0.0619 e. The zero-order valence-corrected chi connectivity index (χ0v) is 14.2. The van der Waals surface area contributed by atoms with Gasteiger partial charge < -0.3 is 9.80 Å². The van der Waals surface area contributed by atoms with Crippen molar-refractivity contribution in [2.24, 2.45) is 0 Å². The van der Waals surface area contributed by atoms with E-state index in [0.717, 1.165) is 0 Å². The van der Waals surface area contributed by atoms with E-state index < -0.39 is 8.80 Å². The van der Waals surface area contributed by atoms with Gasteiger partial charge in [-0.2, -0.15) is 0 Å². The summed E-state index contributed by atoms with van der Waals surface area (Å²) in [7, 11) is -0.647. The lowest BCUT2D eigenvalue weighted by molar-refractivity contribution is 0.240. The molecular formula is C16H32N2Si. The van der Waals surface area contributed by atoms with Gasteiger partial charge in [-0.3, -0.25) is 0 Å². The maximum Gasteiger partial charge on any atom is 0.0619 e. The first-order valence-corrected chi connectivity index (χ1v) is 11.1. The molecular weight excluding hydrogens is 248 g/mol. The molecule has 0 aromatic carbocycles. The van der Waals surface area contributed by atoms with Gasteiger partial charge in [0.25, 0.3) is 0 Å². The number of hydrogen-bond donors (Lipinski definition) is 0. The van der Waals surface area contributed by atoms with Crippen LogP contribution in [-0.2, 0) is 0 Å². The van der Waals surface area contributed by atoms with Crippen LogP contribution in [0.1, 0.15) is 45.4 Å². The van der Waals surface area contributed by atoms with E-state index in [0.29, 0.717) is 0 Å². The van der Waals surface area contributed by atoms with Gasteiger partial charge in [0, 0.05) is 18.8 Å². The van der Waals surface area contributed by atoms with Gasteiger partial charge in [-0.05, 0) is 64.7 Å². The van der Waals surface area contributed by atoms with E-state index in [1.165, 1.54) is 77.3 Å². The highest BCUT2D eigenvalue weighted by Gasteiger charge is 2.13. The first-order valence-electron chi connectivity index (χ1n) is 8.41. The molecule has 0 N–H and O–H groups in total. The molecule has 0 bridgehead atoms. The largest absolute Gasteiger partial charge is 0.376 e. The van der Waals surface area contributed by atoms with E-state index in [-0.39, 0.29) is 0 Å². The van der Waals surface area contributed by atoms with Gasteiger partial charge in [-0.25, -0.2) is 0 Å². The van der Waals surface area contributed by atoms with Crippen LogP contribution < -0.4 is 0 Å². The molecule has 110 valence electrons. The second-order valence-electron chi connectivity index (χ2n) is 6.52. The highest BCUT2D eigenvalue weighted by Crippen LogP contribution is 2.15. The molecule has 2 saturated heterocycles. The summed E-state index contributed by atoms with van der Waals surface area (Å²) in [6, 6.07) is 1.46. The van der Waals surface area contributed by atoms with Crippen molar-refractivity contribution in [1.82, 2.24) is 9.80 Å². The van der Waals surface area contributed by atoms with Crippen LogP contribution in [0, 0.1) is 0 Å². The van der Waals surface area contributed by atoms with Crippen molar-refractivity contribution in [1.29, 1.82) is 0 Å². The van der Waals surface area contributed by atoms with Gasteiger partial charge in [-0.15, -0.1) is 0 Å². The number of likely N-dealkylation sites (tertiary alicyclic amines) is 2. The Balaban J connectivity index is 1.70. The van der Waals surface area contributed by atoms with E-state index >= 15 is 0 Å². The Bertz CT molecular complexity index is 278. The summed E-state index contributed by atoms with van der Waals surface area (Å²) in [6.45, 7) is 11.5. The highest BCUT2D eigenvalue weighted by atomic mass is 28.3. The van der Waals surface area contributed by atoms with Crippen LogP contribution in [0.5, 0.6) is 0 Å². The van der Waals surface area contributed by atoms with Crippen LogP contribution in [0.3, 0.4) is 0 Å². The fourth-order valence-corrected chi connectivity index (χ4v) is 5.39. The molecule has 0 aromatic heterocycles. The van der Waals surface area contributed by atoms with Crippen LogP contribution in [0.4, 0.5) is 0 Å². The van der Waals surface area contributed by atoms with E-state index in [1.807, 2.05) is 0 Å². The summed E-state index contributed by atoms with van der Waals surface area (Å²) in [6.07, 6.45) is 8.55. The van der Waals surface area contributed by atoms with Gasteiger partial charge in [0.05, 0.1) is 8.80 Å². The zero-order chi connectivity index (χ0) is 13.5. The lowest BCUT2D eigenvalue weighted by atomic mass is 10.1. The van der Waals surface area contributed by atoms with Crippen LogP contribution in [-0.4, -0.2) is 51.3 Å². The molecule has 0 amide bonds. The number of nitrogens with zero attached hydrogens (tertiary/aromatic N) is 2. The molecule has 0 aromatic rings. The average Bonchev–Trinajstić information content (AvgIpc) is 2.47. The standard InChI is InChI=1S/C16H32N2Si/c1-16(18-11-7-4-8-12-18)15-19(2)14-13-17-9-5-3-6-10-17/h15,19H,3-14H2,1-2H3. The molecule has 0 spiro atoms. The Labute approximate surface area is 121 Å². The zero-order valence-electron chi connectivity index (χ0n) is 13.0. The molecule has 2 fully saturated rings. The Kier molecular flexibility index (Phi) is 6.45. The third-order valence-electron chi connectivity index (χ3n) is 4.73. The molecule has 0 saturated carbocycles. The van der Waals surface area contributed by atoms with E-state index in [4.69, 9.17) is 0 Å². The van der Waals surface area contributed by atoms with E-state index in [9.17, 15) is 0 Å². The van der Waals surface area contributed by atoms with Crippen LogP contribution in [0.15, 0.2) is 11.4 Å². The lowest BCUT2D eigenvalue weighted by Crippen LogP contribution is -2.32. The summed E-state index contributed by atoms with van der Waals surface area (Å²) in [5, 5.41) is 0. The predicted molar refractivity (Wildman–Crippen MR) is 87.3 cm³/mol. The van der Waals surface area contributed by atoms with Gasteiger partial charge in [-0.1, -0.05) is 18.7 Å². The quantitative estimate of drug-likeness (QED) is 0.713. The highest BCUT2D eigenvalue weighted by molar-refractivity contribution is 6.63. The third kappa shape index (κ3) is 5.31. The number of piperidine rings is 2. The second-order valence-corrected chi connectivity index (χ2v) is 9.39. The maximum absolute atomic E-state index is 2.69. The number of hydrogen-bond acceptors (Lipinski definition) is 2. The summed E-state index contributed by atoms with van der Waals surface area (Å²) in [4.78, 5) is 5.31. The first kappa shape index (κ1) is 15.1. The first-order chi connectivity index (χ1) is 9.25. The minimum atomic E-state index is -0.647. The number of allylic oxidation sites excluding steroid dienone is 1. The Morgan fingerprint density at radius 1 is 0.947 bits per heavy atom. The fourth-order valence-electron chi connectivity index (χ4n) is 3.42. The molecule has 19 heavy (non-hydrogen) atoms. The van der Waals surface area contributed by atoms with Gasteiger partial charge in [0.2, 0.25) is 0 Å². The Hall–Kier alpha value is -0.283. The van der Waals surface area contributed by atoms with Crippen LogP contribution in [0.25, 0.3) is 0 Å². The van der Waals surface area contributed by atoms with Crippen molar-refractivity contribution in [3.8, 4) is 0 Å². The fraction of sp³-hybridized carbons (Fsp3) is 0.875. The van der Waals surface area contributed by atoms with Crippen molar-refractivity contribution in [3.63, 3.8) is 0 Å². The SMILES string of the molecule is CC(=C[SiH](C)CCN1CCCCC1)N1CCCCC1. The average molecular weight is 281 g/mol. The maximum atomic E-state index is 2.69. The summed E-state index contributed by atoms with van der Waals surface area (Å²) < 4.78 is 0. The summed E-state index contributed by atoms with van der Waals surface area (Å²) >= 11 is 0. The Morgan fingerprint density at radius 2 is 1.53 bits per heavy atom. The normalized spacial score (nSPS) is 24.5. The monoisotopic (exact) mass is 280 g/mol. The molecule has 2 rings (SSSR count). The predicted octanol–water partition coefficient (Wildman–Crippen LogP) is 3.26. The van der Waals surface area contributed by atoms with Crippen LogP contribution in [0.2, 0.25) is 12.6 Å². The van der Waals surface area contributed by atoms with Gasteiger partial charge >= 0.3 is 0 Å². The molecule has 2 nitrogen and oxygen atoms in total. The van der Waals surface area contributed by atoms with Crippen molar-refractivity contribution < 1.29 is 0 Å². The van der Waals surface area contributed by atoms with E-state index in [1.54, 1.807) is 5.70 Å². The second kappa shape index (κ2) is 8.10. The topological polar surface area (TPSA) is 6.48 Å². The molecule has 0 radical (unpaired) electrons.